The van der Waals surface area contributed by atoms with Crippen LogP contribution < -0.4 is 10.6 Å². The van der Waals surface area contributed by atoms with Crippen LogP contribution in [0.2, 0.25) is 10.0 Å². The van der Waals surface area contributed by atoms with Crippen molar-refractivity contribution in [3.8, 4) is 0 Å². The summed E-state index contributed by atoms with van der Waals surface area (Å²) in [6, 6.07) is 11.6. The molecule has 4 rings (SSSR count). The fraction of sp³-hybridized carbons (Fsp3) is 0.440. The third kappa shape index (κ3) is 6.58. The van der Waals surface area contributed by atoms with Gasteiger partial charge in [0, 0.05) is 41.8 Å². The SMILES string of the molecule is O=C(NC[C@H]1CCCO1)c1ccccc1NC(=O)[C@H]1CCCN(S(=O)(=O)Cc2c(Cl)cccc2Cl)C1. The van der Waals surface area contributed by atoms with Gasteiger partial charge in [0.25, 0.3) is 5.91 Å². The summed E-state index contributed by atoms with van der Waals surface area (Å²) in [6.45, 7) is 1.47. The molecule has 2 aliphatic heterocycles. The molecule has 2 N–H and O–H groups in total. The molecular formula is C25H29Cl2N3O5S. The minimum Gasteiger partial charge on any atom is -0.376 e. The van der Waals surface area contributed by atoms with Crippen LogP contribution in [0.15, 0.2) is 42.5 Å². The van der Waals surface area contributed by atoms with Gasteiger partial charge in [0.1, 0.15) is 0 Å². The van der Waals surface area contributed by atoms with Crippen molar-refractivity contribution in [3.05, 3.63) is 63.6 Å². The first-order chi connectivity index (χ1) is 17.2. The number of piperidine rings is 1. The Morgan fingerprint density at radius 2 is 1.78 bits per heavy atom. The molecule has 11 heteroatoms. The Bertz CT molecular complexity index is 1200. The standard InChI is InChI=1S/C25H29Cl2N3O5S/c26-21-9-3-10-22(27)20(21)16-36(33,34)30-12-4-6-17(15-30)24(31)29-23-11-2-1-8-19(23)25(32)28-14-18-7-5-13-35-18/h1-3,8-11,17-18H,4-7,12-16H2,(H,28,32)(H,29,31)/t17-,18+/m0/s1. The van der Waals surface area contributed by atoms with Gasteiger partial charge in [0.05, 0.1) is 29.0 Å². The lowest BCUT2D eigenvalue weighted by Crippen LogP contribution is -2.44. The average Bonchev–Trinajstić information content (AvgIpc) is 3.39. The Hall–Kier alpha value is -2.17. The number of hydrogen-bond donors (Lipinski definition) is 2. The number of nitrogens with zero attached hydrogens (tertiary/aromatic N) is 1. The van der Waals surface area contributed by atoms with Gasteiger partial charge < -0.3 is 15.4 Å². The molecule has 2 atom stereocenters. The number of carbonyl (C=O) groups is 2. The smallest absolute Gasteiger partial charge is 0.253 e. The lowest BCUT2D eigenvalue weighted by Gasteiger charge is -2.31. The van der Waals surface area contributed by atoms with Crippen molar-refractivity contribution in [2.24, 2.45) is 5.92 Å². The van der Waals surface area contributed by atoms with Crippen molar-refractivity contribution in [2.75, 3.05) is 31.6 Å². The molecule has 36 heavy (non-hydrogen) atoms. The van der Waals surface area contributed by atoms with Crippen LogP contribution in [0.25, 0.3) is 0 Å². The van der Waals surface area contributed by atoms with Crippen molar-refractivity contribution in [1.82, 2.24) is 9.62 Å². The van der Waals surface area contributed by atoms with Crippen LogP contribution in [-0.2, 0) is 25.3 Å². The van der Waals surface area contributed by atoms with Crippen LogP contribution in [0, 0.1) is 5.92 Å². The summed E-state index contributed by atoms with van der Waals surface area (Å²) in [5.41, 5.74) is 1.07. The van der Waals surface area contributed by atoms with E-state index in [4.69, 9.17) is 27.9 Å². The summed E-state index contributed by atoms with van der Waals surface area (Å²) < 4.78 is 33.1. The summed E-state index contributed by atoms with van der Waals surface area (Å²) in [6.07, 6.45) is 2.97. The molecule has 8 nitrogen and oxygen atoms in total. The van der Waals surface area contributed by atoms with E-state index in [2.05, 4.69) is 10.6 Å². The second-order valence-electron chi connectivity index (χ2n) is 9.03. The van der Waals surface area contributed by atoms with E-state index in [9.17, 15) is 18.0 Å². The molecule has 2 saturated heterocycles. The monoisotopic (exact) mass is 553 g/mol. The van der Waals surface area contributed by atoms with Crippen LogP contribution in [-0.4, -0.2) is 56.9 Å². The van der Waals surface area contributed by atoms with E-state index in [1.165, 1.54) is 4.31 Å². The summed E-state index contributed by atoms with van der Waals surface area (Å²) in [5, 5.41) is 6.27. The van der Waals surface area contributed by atoms with Gasteiger partial charge >= 0.3 is 0 Å². The molecular weight excluding hydrogens is 525 g/mol. The van der Waals surface area contributed by atoms with Gasteiger partial charge in [-0.25, -0.2) is 12.7 Å². The second-order valence-corrected chi connectivity index (χ2v) is 11.8. The number of amides is 2. The van der Waals surface area contributed by atoms with E-state index < -0.39 is 15.9 Å². The number of carbonyl (C=O) groups excluding carboxylic acids is 2. The topological polar surface area (TPSA) is 105 Å². The molecule has 2 amide bonds. The predicted octanol–water partition coefficient (Wildman–Crippen LogP) is 4.08. The molecule has 0 bridgehead atoms. The Labute approximate surface area is 221 Å². The largest absolute Gasteiger partial charge is 0.376 e. The molecule has 0 radical (unpaired) electrons. The number of anilines is 1. The highest BCUT2D eigenvalue weighted by Gasteiger charge is 2.33. The Balaban J connectivity index is 1.40. The van der Waals surface area contributed by atoms with Gasteiger partial charge in [-0.3, -0.25) is 9.59 Å². The zero-order valence-corrected chi connectivity index (χ0v) is 22.0. The molecule has 194 valence electrons. The van der Waals surface area contributed by atoms with E-state index in [0.717, 1.165) is 12.8 Å². The van der Waals surface area contributed by atoms with Crippen LogP contribution in [0.3, 0.4) is 0 Å². The lowest BCUT2D eigenvalue weighted by atomic mass is 9.98. The van der Waals surface area contributed by atoms with Gasteiger partial charge in [-0.2, -0.15) is 0 Å². The molecule has 0 aromatic heterocycles. The normalized spacial score (nSPS) is 20.7. The van der Waals surface area contributed by atoms with E-state index >= 15 is 0 Å². The summed E-state index contributed by atoms with van der Waals surface area (Å²) in [4.78, 5) is 25.9. The van der Waals surface area contributed by atoms with E-state index in [1.807, 2.05) is 0 Å². The fourth-order valence-corrected chi connectivity index (χ4v) is 6.85. The van der Waals surface area contributed by atoms with Crippen LogP contribution >= 0.6 is 23.2 Å². The number of rotatable bonds is 8. The molecule has 0 aliphatic carbocycles. The van der Waals surface area contributed by atoms with E-state index in [-0.39, 0.29) is 40.3 Å². The van der Waals surface area contributed by atoms with Gasteiger partial charge in [-0.15, -0.1) is 0 Å². The van der Waals surface area contributed by atoms with Crippen LogP contribution in [0.1, 0.15) is 41.6 Å². The Morgan fingerprint density at radius 1 is 1.03 bits per heavy atom. The highest BCUT2D eigenvalue weighted by atomic mass is 35.5. The Kier molecular flexibility index (Phi) is 8.90. The number of para-hydroxylation sites is 1. The summed E-state index contributed by atoms with van der Waals surface area (Å²) in [7, 11) is -3.75. The average molecular weight is 554 g/mol. The maximum atomic E-state index is 13.1. The number of benzene rings is 2. The van der Waals surface area contributed by atoms with Gasteiger partial charge in [0.15, 0.2) is 0 Å². The molecule has 2 aromatic carbocycles. The molecule has 0 saturated carbocycles. The van der Waals surface area contributed by atoms with Crippen molar-refractivity contribution in [1.29, 1.82) is 0 Å². The minimum absolute atomic E-state index is 0.00604. The third-order valence-corrected chi connectivity index (χ3v) is 8.96. The summed E-state index contributed by atoms with van der Waals surface area (Å²) >= 11 is 12.3. The van der Waals surface area contributed by atoms with Crippen molar-refractivity contribution in [3.63, 3.8) is 0 Å². The van der Waals surface area contributed by atoms with Gasteiger partial charge in [0.2, 0.25) is 15.9 Å². The summed E-state index contributed by atoms with van der Waals surface area (Å²) in [5.74, 6) is -1.53. The number of hydrogen-bond acceptors (Lipinski definition) is 5. The molecule has 2 heterocycles. The third-order valence-electron chi connectivity index (χ3n) is 6.48. The molecule has 2 fully saturated rings. The first kappa shape index (κ1) is 26.9. The number of sulfonamides is 1. The predicted molar refractivity (Wildman–Crippen MR) is 140 cm³/mol. The van der Waals surface area contributed by atoms with E-state index in [1.54, 1.807) is 42.5 Å². The first-order valence-electron chi connectivity index (χ1n) is 11.9. The zero-order valence-electron chi connectivity index (χ0n) is 19.7. The second kappa shape index (κ2) is 11.9. The molecule has 2 aliphatic rings. The highest BCUT2D eigenvalue weighted by Crippen LogP contribution is 2.29. The maximum absolute atomic E-state index is 13.1. The van der Waals surface area contributed by atoms with Crippen LogP contribution in [0.4, 0.5) is 5.69 Å². The van der Waals surface area contributed by atoms with Crippen molar-refractivity contribution in [2.45, 2.75) is 37.5 Å². The minimum atomic E-state index is -3.75. The quantitative estimate of drug-likeness (QED) is 0.512. The maximum Gasteiger partial charge on any atom is 0.253 e. The number of halogens is 2. The van der Waals surface area contributed by atoms with Crippen molar-refractivity contribution < 1.29 is 22.7 Å². The first-order valence-corrected chi connectivity index (χ1v) is 14.3. The highest BCUT2D eigenvalue weighted by molar-refractivity contribution is 7.88. The Morgan fingerprint density at radius 3 is 2.50 bits per heavy atom. The number of ether oxygens (including phenoxy) is 1. The lowest BCUT2D eigenvalue weighted by molar-refractivity contribution is -0.120. The fourth-order valence-electron chi connectivity index (χ4n) is 4.48. The zero-order chi connectivity index (χ0) is 25.7. The molecule has 0 spiro atoms. The van der Waals surface area contributed by atoms with Crippen molar-refractivity contribution >= 4 is 50.7 Å². The molecule has 2 aromatic rings. The van der Waals surface area contributed by atoms with Gasteiger partial charge in [-0.05, 0) is 49.9 Å². The molecule has 0 unspecified atom stereocenters. The number of nitrogens with one attached hydrogen (secondary N) is 2. The van der Waals surface area contributed by atoms with Crippen LogP contribution in [0.5, 0.6) is 0 Å². The van der Waals surface area contributed by atoms with E-state index in [0.29, 0.717) is 49.4 Å². The van der Waals surface area contributed by atoms with Gasteiger partial charge in [-0.1, -0.05) is 41.4 Å².